The summed E-state index contributed by atoms with van der Waals surface area (Å²) in [5.41, 5.74) is 0. The van der Waals surface area contributed by atoms with Crippen LogP contribution in [0.4, 0.5) is 4.39 Å². The Labute approximate surface area is 106 Å². The minimum Gasteiger partial charge on any atom is -0.478 e. The number of benzene rings is 1. The molecule has 1 aromatic rings. The lowest BCUT2D eigenvalue weighted by Gasteiger charge is -2.21. The molecule has 0 aliphatic carbocycles. The number of rotatable bonds is 6. The molecule has 0 aliphatic rings. The van der Waals surface area contributed by atoms with Gasteiger partial charge in [0.1, 0.15) is 0 Å². The van der Waals surface area contributed by atoms with Gasteiger partial charge in [-0.3, -0.25) is 4.79 Å². The third-order valence-corrected chi connectivity index (χ3v) is 2.52. The molecule has 1 atom stereocenters. The molecule has 1 N–H and O–H groups in total. The number of halogens is 1. The fourth-order valence-corrected chi connectivity index (χ4v) is 1.51. The summed E-state index contributed by atoms with van der Waals surface area (Å²) in [6, 6.07) is 5.96. The first-order chi connectivity index (χ1) is 8.56. The van der Waals surface area contributed by atoms with E-state index >= 15 is 0 Å². The van der Waals surface area contributed by atoms with Crippen LogP contribution in [0.3, 0.4) is 0 Å². The zero-order valence-corrected chi connectivity index (χ0v) is 10.6. The molecule has 0 fully saturated rings. The zero-order valence-electron chi connectivity index (χ0n) is 10.6. The van der Waals surface area contributed by atoms with Gasteiger partial charge < -0.3 is 14.7 Å². The Kier molecular flexibility index (Phi) is 5.58. The predicted molar refractivity (Wildman–Crippen MR) is 65.8 cm³/mol. The van der Waals surface area contributed by atoms with Crippen molar-refractivity contribution in [2.24, 2.45) is 0 Å². The fraction of sp³-hybridized carbons (Fsp3) is 0.462. The molecule has 5 heteroatoms. The molecule has 0 radical (unpaired) electrons. The highest BCUT2D eigenvalue weighted by Gasteiger charge is 2.19. The lowest BCUT2D eigenvalue weighted by atomic mass is 10.3. The van der Waals surface area contributed by atoms with E-state index < -0.39 is 11.9 Å². The van der Waals surface area contributed by atoms with Crippen LogP contribution >= 0.6 is 0 Å². The first-order valence-corrected chi connectivity index (χ1v) is 5.83. The first kappa shape index (κ1) is 14.4. The van der Waals surface area contributed by atoms with E-state index in [-0.39, 0.29) is 18.3 Å². The number of amides is 1. The van der Waals surface area contributed by atoms with Gasteiger partial charge in [-0.25, -0.2) is 4.39 Å². The summed E-state index contributed by atoms with van der Waals surface area (Å²) in [6.07, 6.45) is -0.250. The molecular formula is C13H18FNO3. The Morgan fingerprint density at radius 2 is 2.17 bits per heavy atom. The lowest BCUT2D eigenvalue weighted by Crippen LogP contribution is -2.38. The number of aliphatic hydroxyl groups excluding tert-OH is 1. The predicted octanol–water partition coefficient (Wildman–Crippen LogP) is 1.43. The molecule has 100 valence electrons. The van der Waals surface area contributed by atoms with E-state index in [1.54, 1.807) is 26.1 Å². The van der Waals surface area contributed by atoms with Gasteiger partial charge in [-0.15, -0.1) is 0 Å². The van der Waals surface area contributed by atoms with Gasteiger partial charge in [0, 0.05) is 20.2 Å². The zero-order chi connectivity index (χ0) is 13.5. The van der Waals surface area contributed by atoms with Crippen molar-refractivity contribution in [3.63, 3.8) is 0 Å². The van der Waals surface area contributed by atoms with Crippen molar-refractivity contribution in [2.75, 3.05) is 20.2 Å². The topological polar surface area (TPSA) is 49.8 Å². The number of carbonyl (C=O) groups is 1. The monoisotopic (exact) mass is 255 g/mol. The van der Waals surface area contributed by atoms with Crippen LogP contribution in [-0.4, -0.2) is 42.2 Å². The minimum absolute atomic E-state index is 0.0279. The molecular weight excluding hydrogens is 237 g/mol. The first-order valence-electron chi connectivity index (χ1n) is 5.83. The third kappa shape index (κ3) is 4.00. The number of nitrogens with zero attached hydrogens (tertiary/aromatic N) is 1. The SMILES string of the molecule is CC(Oc1ccccc1F)C(=O)N(C)CCCO. The van der Waals surface area contributed by atoms with Crippen molar-refractivity contribution < 1.29 is 19.0 Å². The molecule has 1 aromatic carbocycles. The van der Waals surface area contributed by atoms with Crippen LogP contribution in [0.1, 0.15) is 13.3 Å². The van der Waals surface area contributed by atoms with Gasteiger partial charge >= 0.3 is 0 Å². The van der Waals surface area contributed by atoms with Crippen molar-refractivity contribution in [2.45, 2.75) is 19.4 Å². The van der Waals surface area contributed by atoms with Gasteiger partial charge in [-0.05, 0) is 25.5 Å². The average molecular weight is 255 g/mol. The average Bonchev–Trinajstić information content (AvgIpc) is 2.37. The molecule has 1 amide bonds. The molecule has 0 spiro atoms. The van der Waals surface area contributed by atoms with Crippen LogP contribution in [0.15, 0.2) is 24.3 Å². The number of para-hydroxylation sites is 1. The van der Waals surface area contributed by atoms with Crippen LogP contribution in [0.25, 0.3) is 0 Å². The number of hydrogen-bond donors (Lipinski definition) is 1. The molecule has 0 saturated carbocycles. The number of aliphatic hydroxyl groups is 1. The maximum atomic E-state index is 13.3. The quantitative estimate of drug-likeness (QED) is 0.836. The Balaban J connectivity index is 2.57. The molecule has 0 aromatic heterocycles. The highest BCUT2D eigenvalue weighted by Crippen LogP contribution is 2.17. The second-order valence-electron chi connectivity index (χ2n) is 4.03. The van der Waals surface area contributed by atoms with Crippen molar-refractivity contribution in [3.05, 3.63) is 30.1 Å². The Bertz CT molecular complexity index is 398. The molecule has 0 heterocycles. The van der Waals surface area contributed by atoms with Crippen molar-refractivity contribution in [3.8, 4) is 5.75 Å². The van der Waals surface area contributed by atoms with Crippen LogP contribution in [0, 0.1) is 5.82 Å². The van der Waals surface area contributed by atoms with Crippen LogP contribution in [0.5, 0.6) is 5.75 Å². The van der Waals surface area contributed by atoms with Crippen molar-refractivity contribution in [1.29, 1.82) is 0 Å². The molecule has 0 bridgehead atoms. The van der Waals surface area contributed by atoms with Crippen LogP contribution in [0.2, 0.25) is 0 Å². The molecule has 1 unspecified atom stereocenters. The second kappa shape index (κ2) is 6.96. The van der Waals surface area contributed by atoms with Crippen molar-refractivity contribution in [1.82, 2.24) is 4.90 Å². The maximum Gasteiger partial charge on any atom is 0.263 e. The smallest absolute Gasteiger partial charge is 0.263 e. The number of carbonyl (C=O) groups excluding carboxylic acids is 1. The van der Waals surface area contributed by atoms with Gasteiger partial charge in [0.25, 0.3) is 5.91 Å². The maximum absolute atomic E-state index is 13.3. The summed E-state index contributed by atoms with van der Waals surface area (Å²) in [5, 5.41) is 8.69. The standard InChI is InChI=1S/C13H18FNO3/c1-10(13(17)15(2)8-5-9-16)18-12-7-4-3-6-11(12)14/h3-4,6-7,10,16H,5,8-9H2,1-2H3. The summed E-state index contributed by atoms with van der Waals surface area (Å²) < 4.78 is 18.6. The largest absolute Gasteiger partial charge is 0.478 e. The Hall–Kier alpha value is -1.62. The van der Waals surface area contributed by atoms with E-state index in [2.05, 4.69) is 0 Å². The number of likely N-dealkylation sites (N-methyl/N-ethyl adjacent to an activating group) is 1. The highest BCUT2D eigenvalue weighted by molar-refractivity contribution is 5.80. The van der Waals surface area contributed by atoms with E-state index in [1.807, 2.05) is 0 Å². The third-order valence-electron chi connectivity index (χ3n) is 2.52. The van der Waals surface area contributed by atoms with Gasteiger partial charge in [0.15, 0.2) is 17.7 Å². The van der Waals surface area contributed by atoms with E-state index in [4.69, 9.17) is 9.84 Å². The van der Waals surface area contributed by atoms with Gasteiger partial charge in [0.05, 0.1) is 0 Å². The van der Waals surface area contributed by atoms with Crippen LogP contribution in [-0.2, 0) is 4.79 Å². The molecule has 0 saturated heterocycles. The van der Waals surface area contributed by atoms with E-state index in [9.17, 15) is 9.18 Å². The van der Waals surface area contributed by atoms with Gasteiger partial charge in [0.2, 0.25) is 0 Å². The highest BCUT2D eigenvalue weighted by atomic mass is 19.1. The fourth-order valence-electron chi connectivity index (χ4n) is 1.51. The Morgan fingerprint density at radius 1 is 1.50 bits per heavy atom. The van der Waals surface area contributed by atoms with Gasteiger partial charge in [-0.2, -0.15) is 0 Å². The second-order valence-corrected chi connectivity index (χ2v) is 4.03. The summed E-state index contributed by atoms with van der Waals surface area (Å²) >= 11 is 0. The van der Waals surface area contributed by atoms with E-state index in [0.29, 0.717) is 13.0 Å². The number of ether oxygens (including phenoxy) is 1. The lowest BCUT2D eigenvalue weighted by molar-refractivity contribution is -0.136. The van der Waals surface area contributed by atoms with Crippen LogP contribution < -0.4 is 4.74 Å². The van der Waals surface area contributed by atoms with Crippen molar-refractivity contribution >= 4 is 5.91 Å². The normalized spacial score (nSPS) is 12.0. The summed E-state index contributed by atoms with van der Waals surface area (Å²) in [4.78, 5) is 13.3. The Morgan fingerprint density at radius 3 is 2.78 bits per heavy atom. The molecule has 4 nitrogen and oxygen atoms in total. The van der Waals surface area contributed by atoms with Gasteiger partial charge in [-0.1, -0.05) is 12.1 Å². The summed E-state index contributed by atoms with van der Waals surface area (Å²) in [5.74, 6) is -0.671. The summed E-state index contributed by atoms with van der Waals surface area (Å²) in [6.45, 7) is 2.05. The molecule has 1 rings (SSSR count). The minimum atomic E-state index is -0.759. The number of hydrogen-bond acceptors (Lipinski definition) is 3. The van der Waals surface area contributed by atoms with E-state index in [0.717, 1.165) is 0 Å². The molecule has 0 aliphatic heterocycles. The molecule has 18 heavy (non-hydrogen) atoms. The van der Waals surface area contributed by atoms with E-state index in [1.165, 1.54) is 17.0 Å². The summed E-state index contributed by atoms with van der Waals surface area (Å²) in [7, 11) is 1.62.